The molecule has 0 spiro atoms. The van der Waals surface area contributed by atoms with Gasteiger partial charge in [-0.3, -0.25) is 0 Å². The van der Waals surface area contributed by atoms with Crippen molar-refractivity contribution in [3.63, 3.8) is 0 Å². The van der Waals surface area contributed by atoms with E-state index in [1.165, 1.54) is 4.31 Å². The maximum atomic E-state index is 12.0. The second-order valence-corrected chi connectivity index (χ2v) is 6.83. The molecule has 1 rings (SSSR count). The summed E-state index contributed by atoms with van der Waals surface area (Å²) in [6, 6.07) is 0.127. The Hall–Kier alpha value is -0.170. The number of rotatable bonds is 7. The van der Waals surface area contributed by atoms with Gasteiger partial charge in [-0.25, -0.2) is 0 Å². The van der Waals surface area contributed by atoms with Crippen LogP contribution in [-0.4, -0.2) is 45.9 Å². The highest BCUT2D eigenvalue weighted by molar-refractivity contribution is 7.87. The number of nitrogens with zero attached hydrogens (tertiary/aromatic N) is 1. The van der Waals surface area contributed by atoms with Crippen molar-refractivity contribution in [1.82, 2.24) is 14.3 Å². The number of nitrogens with one attached hydrogen (secondary N) is 2. The molecule has 2 N–H and O–H groups in total. The van der Waals surface area contributed by atoms with Gasteiger partial charge in [0.05, 0.1) is 0 Å². The van der Waals surface area contributed by atoms with Crippen LogP contribution in [0, 0.1) is 5.92 Å². The first-order valence-electron chi connectivity index (χ1n) is 6.34. The molecule has 0 heterocycles. The zero-order valence-corrected chi connectivity index (χ0v) is 11.9. The van der Waals surface area contributed by atoms with Crippen LogP contribution in [0.3, 0.4) is 0 Å². The Kier molecular flexibility index (Phi) is 5.85. The van der Waals surface area contributed by atoms with Crippen molar-refractivity contribution in [1.29, 1.82) is 0 Å². The zero-order valence-electron chi connectivity index (χ0n) is 11.1. The summed E-state index contributed by atoms with van der Waals surface area (Å²) >= 11 is 0. The SMILES string of the molecule is CNCCCN(C)S(=O)(=O)NC1CCC(C)C1. The van der Waals surface area contributed by atoms with E-state index in [1.807, 2.05) is 7.05 Å². The van der Waals surface area contributed by atoms with Crippen LogP contribution < -0.4 is 10.0 Å². The number of hydrogen-bond acceptors (Lipinski definition) is 3. The Bertz CT molecular complexity index is 319. The van der Waals surface area contributed by atoms with E-state index in [-0.39, 0.29) is 6.04 Å². The van der Waals surface area contributed by atoms with Crippen molar-refractivity contribution >= 4 is 10.2 Å². The highest BCUT2D eigenvalue weighted by Crippen LogP contribution is 2.25. The molecule has 6 heteroatoms. The molecule has 0 radical (unpaired) electrons. The molecule has 5 nitrogen and oxygen atoms in total. The lowest BCUT2D eigenvalue weighted by atomic mass is 10.1. The molecular weight excluding hydrogens is 238 g/mol. The quantitative estimate of drug-likeness (QED) is 0.660. The van der Waals surface area contributed by atoms with Crippen LogP contribution in [0.4, 0.5) is 0 Å². The predicted octanol–water partition coefficient (Wildman–Crippen LogP) is 0.551. The summed E-state index contributed by atoms with van der Waals surface area (Å²) in [6.07, 6.45) is 3.87. The molecular formula is C11H25N3O2S. The van der Waals surface area contributed by atoms with Crippen molar-refractivity contribution in [2.24, 2.45) is 5.92 Å². The first-order valence-corrected chi connectivity index (χ1v) is 7.78. The first-order chi connectivity index (χ1) is 7.95. The molecule has 102 valence electrons. The minimum Gasteiger partial charge on any atom is -0.320 e. The summed E-state index contributed by atoms with van der Waals surface area (Å²) in [5, 5.41) is 3.01. The predicted molar refractivity (Wildman–Crippen MR) is 70.0 cm³/mol. The highest BCUT2D eigenvalue weighted by atomic mass is 32.2. The molecule has 0 aromatic carbocycles. The fourth-order valence-corrected chi connectivity index (χ4v) is 3.40. The van der Waals surface area contributed by atoms with Crippen molar-refractivity contribution in [3.05, 3.63) is 0 Å². The maximum absolute atomic E-state index is 12.0. The molecule has 2 atom stereocenters. The molecule has 17 heavy (non-hydrogen) atoms. The molecule has 2 unspecified atom stereocenters. The van der Waals surface area contributed by atoms with Gasteiger partial charge in [-0.1, -0.05) is 6.92 Å². The van der Waals surface area contributed by atoms with E-state index < -0.39 is 10.2 Å². The zero-order chi connectivity index (χ0) is 12.9. The number of hydrogen-bond donors (Lipinski definition) is 2. The molecule has 0 amide bonds. The highest BCUT2D eigenvalue weighted by Gasteiger charge is 2.27. The van der Waals surface area contributed by atoms with E-state index in [4.69, 9.17) is 0 Å². The monoisotopic (exact) mass is 263 g/mol. The van der Waals surface area contributed by atoms with Gasteiger partial charge in [-0.05, 0) is 45.2 Å². The second kappa shape index (κ2) is 6.68. The molecule has 1 fully saturated rings. The van der Waals surface area contributed by atoms with Crippen LogP contribution in [-0.2, 0) is 10.2 Å². The van der Waals surface area contributed by atoms with Gasteiger partial charge in [0.1, 0.15) is 0 Å². The van der Waals surface area contributed by atoms with Crippen molar-refractivity contribution < 1.29 is 8.42 Å². The van der Waals surface area contributed by atoms with E-state index >= 15 is 0 Å². The minimum absolute atomic E-state index is 0.127. The van der Waals surface area contributed by atoms with E-state index in [2.05, 4.69) is 17.0 Å². The fraction of sp³-hybridized carbons (Fsp3) is 1.00. The summed E-state index contributed by atoms with van der Waals surface area (Å²) < 4.78 is 28.2. The van der Waals surface area contributed by atoms with Gasteiger partial charge in [0.15, 0.2) is 0 Å². The minimum atomic E-state index is -3.29. The molecule has 0 aromatic rings. The molecule has 1 saturated carbocycles. The Morgan fingerprint density at radius 3 is 2.59 bits per heavy atom. The average molecular weight is 263 g/mol. The average Bonchev–Trinajstić information content (AvgIpc) is 2.63. The Balaban J connectivity index is 2.39. The molecule has 0 aliphatic heterocycles. The topological polar surface area (TPSA) is 61.4 Å². The normalized spacial score (nSPS) is 25.6. The molecule has 0 saturated heterocycles. The van der Waals surface area contributed by atoms with Crippen LogP contribution in [0.15, 0.2) is 0 Å². The lowest BCUT2D eigenvalue weighted by Gasteiger charge is -2.20. The van der Waals surface area contributed by atoms with Crippen LogP contribution >= 0.6 is 0 Å². The molecule has 1 aliphatic carbocycles. The van der Waals surface area contributed by atoms with Gasteiger partial charge < -0.3 is 5.32 Å². The molecule has 1 aliphatic rings. The molecule has 0 aromatic heterocycles. The van der Waals surface area contributed by atoms with Crippen molar-refractivity contribution in [2.75, 3.05) is 27.2 Å². The largest absolute Gasteiger partial charge is 0.320 e. The summed E-state index contributed by atoms with van der Waals surface area (Å²) in [7, 11) is 0.211. The summed E-state index contributed by atoms with van der Waals surface area (Å²) in [5.74, 6) is 0.636. The van der Waals surface area contributed by atoms with Gasteiger partial charge in [0, 0.05) is 19.6 Å². The third-order valence-electron chi connectivity index (χ3n) is 3.32. The Morgan fingerprint density at radius 1 is 1.35 bits per heavy atom. The van der Waals surface area contributed by atoms with Crippen LogP contribution in [0.5, 0.6) is 0 Å². The van der Waals surface area contributed by atoms with Crippen LogP contribution in [0.1, 0.15) is 32.6 Å². The smallest absolute Gasteiger partial charge is 0.279 e. The first kappa shape index (κ1) is 14.9. The summed E-state index contributed by atoms with van der Waals surface area (Å²) in [6.45, 7) is 3.56. The fourth-order valence-electron chi connectivity index (χ4n) is 2.21. The van der Waals surface area contributed by atoms with Gasteiger partial charge in [0.25, 0.3) is 10.2 Å². The lowest BCUT2D eigenvalue weighted by molar-refractivity contribution is 0.436. The molecule has 0 bridgehead atoms. The second-order valence-electron chi connectivity index (χ2n) is 5.02. The third kappa shape index (κ3) is 4.91. The van der Waals surface area contributed by atoms with E-state index in [1.54, 1.807) is 7.05 Å². The van der Waals surface area contributed by atoms with Crippen molar-refractivity contribution in [2.45, 2.75) is 38.6 Å². The van der Waals surface area contributed by atoms with Gasteiger partial charge in [-0.15, -0.1) is 0 Å². The Morgan fingerprint density at radius 2 is 2.06 bits per heavy atom. The summed E-state index contributed by atoms with van der Waals surface area (Å²) in [5.41, 5.74) is 0. The van der Waals surface area contributed by atoms with Gasteiger partial charge in [-0.2, -0.15) is 17.4 Å². The van der Waals surface area contributed by atoms with E-state index in [0.717, 1.165) is 32.2 Å². The standard InChI is InChI=1S/C11H25N3O2S/c1-10-5-6-11(9-10)13-17(15,16)14(3)8-4-7-12-2/h10-13H,4-9H2,1-3H3. The Labute approximate surface area is 105 Å². The van der Waals surface area contributed by atoms with E-state index in [0.29, 0.717) is 12.5 Å². The summed E-state index contributed by atoms with van der Waals surface area (Å²) in [4.78, 5) is 0. The maximum Gasteiger partial charge on any atom is 0.279 e. The van der Waals surface area contributed by atoms with Crippen molar-refractivity contribution in [3.8, 4) is 0 Å². The van der Waals surface area contributed by atoms with Gasteiger partial charge in [0.2, 0.25) is 0 Å². The van der Waals surface area contributed by atoms with E-state index in [9.17, 15) is 8.42 Å². The third-order valence-corrected chi connectivity index (χ3v) is 4.95. The van der Waals surface area contributed by atoms with Crippen LogP contribution in [0.25, 0.3) is 0 Å². The van der Waals surface area contributed by atoms with Crippen LogP contribution in [0.2, 0.25) is 0 Å². The lowest BCUT2D eigenvalue weighted by Crippen LogP contribution is -2.43. The van der Waals surface area contributed by atoms with Gasteiger partial charge >= 0.3 is 0 Å².